The monoisotopic (exact) mass is 411 g/mol. The number of fused-ring (bicyclic) bond motifs is 1. The molecule has 0 aliphatic heterocycles. The van der Waals surface area contributed by atoms with Crippen LogP contribution in [0.2, 0.25) is 5.15 Å². The lowest BCUT2D eigenvalue weighted by molar-refractivity contribution is -0.119. The number of amides is 2. The van der Waals surface area contributed by atoms with Gasteiger partial charge in [-0.1, -0.05) is 11.6 Å². The molecule has 0 unspecified atom stereocenters. The molecule has 0 atom stereocenters. The fourth-order valence-corrected chi connectivity index (χ4v) is 2.75. The molecular weight excluding hydrogens is 394 g/mol. The predicted octanol–water partition coefficient (Wildman–Crippen LogP) is 3.39. The first-order valence-corrected chi connectivity index (χ1v) is 9.06. The lowest BCUT2D eigenvalue weighted by Gasteiger charge is -2.11. The van der Waals surface area contributed by atoms with Crippen LogP contribution in [0.25, 0.3) is 10.9 Å². The molecule has 2 amide bonds. The molecule has 1 heterocycles. The number of carbonyl (C=O) groups is 3. The van der Waals surface area contributed by atoms with Crippen LogP contribution in [0, 0.1) is 0 Å². The molecular formula is C21H18ClN3O4. The minimum atomic E-state index is -0.621. The summed E-state index contributed by atoms with van der Waals surface area (Å²) in [6, 6.07) is 14.7. The van der Waals surface area contributed by atoms with Gasteiger partial charge in [0.1, 0.15) is 5.15 Å². The van der Waals surface area contributed by atoms with E-state index in [9.17, 15) is 14.4 Å². The quantitative estimate of drug-likeness (QED) is 0.513. The van der Waals surface area contributed by atoms with Crippen molar-refractivity contribution in [3.05, 3.63) is 70.9 Å². The van der Waals surface area contributed by atoms with Crippen LogP contribution < -0.4 is 5.32 Å². The number of nitrogens with one attached hydrogen (secondary N) is 1. The molecule has 0 aliphatic carbocycles. The second-order valence-electron chi connectivity index (χ2n) is 6.44. The summed E-state index contributed by atoms with van der Waals surface area (Å²) in [5.74, 6) is -1.24. The smallest absolute Gasteiger partial charge is 0.338 e. The molecule has 0 bridgehead atoms. The lowest BCUT2D eigenvalue weighted by Crippen LogP contribution is -2.22. The van der Waals surface area contributed by atoms with Gasteiger partial charge in [0.15, 0.2) is 6.61 Å². The Hall–Kier alpha value is -3.45. The standard InChI is InChI=1S/C21H18ClN3O4/c1-25(2)20(27)13-3-7-16(8-4-13)23-19(26)12-29-21(28)15-5-9-17-14(11-15)6-10-18(22)24-17/h3-11H,12H2,1-2H3,(H,23,26). The average Bonchev–Trinajstić information content (AvgIpc) is 2.71. The van der Waals surface area contributed by atoms with Gasteiger partial charge in [-0.3, -0.25) is 9.59 Å². The third-order valence-corrected chi connectivity index (χ3v) is 4.26. The number of rotatable bonds is 5. The van der Waals surface area contributed by atoms with E-state index >= 15 is 0 Å². The maximum absolute atomic E-state index is 12.2. The molecule has 1 N–H and O–H groups in total. The van der Waals surface area contributed by atoms with Gasteiger partial charge >= 0.3 is 5.97 Å². The summed E-state index contributed by atoms with van der Waals surface area (Å²) >= 11 is 5.84. The van der Waals surface area contributed by atoms with Crippen LogP contribution in [0.15, 0.2) is 54.6 Å². The first kappa shape index (κ1) is 20.3. The predicted molar refractivity (Wildman–Crippen MR) is 110 cm³/mol. The highest BCUT2D eigenvalue weighted by Crippen LogP contribution is 2.18. The van der Waals surface area contributed by atoms with Crippen molar-refractivity contribution in [2.45, 2.75) is 0 Å². The summed E-state index contributed by atoms with van der Waals surface area (Å²) < 4.78 is 5.07. The fourth-order valence-electron chi connectivity index (χ4n) is 2.59. The van der Waals surface area contributed by atoms with Gasteiger partial charge in [-0.05, 0) is 54.6 Å². The molecule has 3 rings (SSSR count). The van der Waals surface area contributed by atoms with Gasteiger partial charge in [0.05, 0.1) is 11.1 Å². The van der Waals surface area contributed by atoms with Gasteiger partial charge in [-0.25, -0.2) is 9.78 Å². The third kappa shape index (κ3) is 5.08. The summed E-state index contributed by atoms with van der Waals surface area (Å²) in [5.41, 5.74) is 1.96. The van der Waals surface area contributed by atoms with E-state index in [4.69, 9.17) is 16.3 Å². The van der Waals surface area contributed by atoms with E-state index in [-0.39, 0.29) is 5.91 Å². The van der Waals surface area contributed by atoms with Gasteiger partial charge in [0.2, 0.25) is 0 Å². The van der Waals surface area contributed by atoms with Crippen LogP contribution in [-0.2, 0) is 9.53 Å². The van der Waals surface area contributed by atoms with Gasteiger partial charge in [-0.15, -0.1) is 0 Å². The summed E-state index contributed by atoms with van der Waals surface area (Å²) in [6.07, 6.45) is 0. The Morgan fingerprint density at radius 3 is 2.38 bits per heavy atom. The highest BCUT2D eigenvalue weighted by Gasteiger charge is 2.12. The summed E-state index contributed by atoms with van der Waals surface area (Å²) in [5, 5.41) is 3.72. The summed E-state index contributed by atoms with van der Waals surface area (Å²) in [7, 11) is 3.32. The van der Waals surface area contributed by atoms with Crippen LogP contribution in [0.3, 0.4) is 0 Å². The van der Waals surface area contributed by atoms with Gasteiger partial charge in [0.25, 0.3) is 11.8 Å². The molecule has 0 saturated carbocycles. The number of nitrogens with zero attached hydrogens (tertiary/aromatic N) is 2. The summed E-state index contributed by atoms with van der Waals surface area (Å²) in [4.78, 5) is 41.7. The molecule has 8 heteroatoms. The number of pyridine rings is 1. The van der Waals surface area contributed by atoms with Gasteiger partial charge in [0, 0.05) is 30.7 Å². The second-order valence-corrected chi connectivity index (χ2v) is 6.83. The van der Waals surface area contributed by atoms with Crippen molar-refractivity contribution in [1.82, 2.24) is 9.88 Å². The highest BCUT2D eigenvalue weighted by molar-refractivity contribution is 6.29. The molecule has 148 valence electrons. The Kier molecular flexibility index (Phi) is 6.09. The first-order chi connectivity index (χ1) is 13.8. The number of benzene rings is 2. The molecule has 29 heavy (non-hydrogen) atoms. The van der Waals surface area contributed by atoms with Crippen LogP contribution in [0.1, 0.15) is 20.7 Å². The van der Waals surface area contributed by atoms with E-state index in [1.807, 2.05) is 0 Å². The zero-order valence-corrected chi connectivity index (χ0v) is 16.6. The van der Waals surface area contributed by atoms with Crippen molar-refractivity contribution in [2.24, 2.45) is 0 Å². The Morgan fingerprint density at radius 1 is 1.00 bits per heavy atom. The van der Waals surface area contributed by atoms with Crippen molar-refractivity contribution in [3.63, 3.8) is 0 Å². The number of anilines is 1. The minimum Gasteiger partial charge on any atom is -0.452 e. The number of ether oxygens (including phenoxy) is 1. The zero-order chi connectivity index (χ0) is 21.0. The third-order valence-electron chi connectivity index (χ3n) is 4.05. The van der Waals surface area contributed by atoms with Crippen molar-refractivity contribution in [1.29, 1.82) is 0 Å². The maximum Gasteiger partial charge on any atom is 0.338 e. The Labute approximate surface area is 172 Å². The van der Waals surface area contributed by atoms with E-state index in [0.29, 0.717) is 27.5 Å². The molecule has 0 saturated heterocycles. The maximum atomic E-state index is 12.2. The molecule has 1 aromatic heterocycles. The van der Waals surface area contributed by atoms with Crippen LogP contribution in [-0.4, -0.2) is 48.4 Å². The lowest BCUT2D eigenvalue weighted by atomic mass is 10.1. The van der Waals surface area contributed by atoms with E-state index in [2.05, 4.69) is 10.3 Å². The molecule has 3 aromatic rings. The van der Waals surface area contributed by atoms with Gasteiger partial charge in [-0.2, -0.15) is 0 Å². The number of halogens is 1. The van der Waals surface area contributed by atoms with Crippen molar-refractivity contribution in [2.75, 3.05) is 26.0 Å². The topological polar surface area (TPSA) is 88.6 Å². The number of hydrogen-bond donors (Lipinski definition) is 1. The largest absolute Gasteiger partial charge is 0.452 e. The Bertz CT molecular complexity index is 1080. The second kappa shape index (κ2) is 8.70. The first-order valence-electron chi connectivity index (χ1n) is 8.68. The highest BCUT2D eigenvalue weighted by atomic mass is 35.5. The number of aromatic nitrogens is 1. The molecule has 0 spiro atoms. The molecule has 0 fully saturated rings. The van der Waals surface area contributed by atoms with E-state index in [0.717, 1.165) is 5.39 Å². The minimum absolute atomic E-state index is 0.135. The fraction of sp³-hybridized carbons (Fsp3) is 0.143. The van der Waals surface area contributed by atoms with Crippen molar-refractivity contribution < 1.29 is 19.1 Å². The van der Waals surface area contributed by atoms with Crippen LogP contribution in [0.5, 0.6) is 0 Å². The number of carbonyl (C=O) groups excluding carboxylic acids is 3. The Balaban J connectivity index is 1.57. The zero-order valence-electron chi connectivity index (χ0n) is 15.8. The SMILES string of the molecule is CN(C)C(=O)c1ccc(NC(=O)COC(=O)c2ccc3nc(Cl)ccc3c2)cc1. The average molecular weight is 412 g/mol. The van der Waals surface area contributed by atoms with Crippen LogP contribution in [0.4, 0.5) is 5.69 Å². The van der Waals surface area contributed by atoms with E-state index in [1.165, 1.54) is 4.90 Å². The normalized spacial score (nSPS) is 10.4. The van der Waals surface area contributed by atoms with Gasteiger partial charge < -0.3 is 15.0 Å². The van der Waals surface area contributed by atoms with E-state index in [1.54, 1.807) is 68.7 Å². The molecule has 0 radical (unpaired) electrons. The van der Waals surface area contributed by atoms with E-state index < -0.39 is 18.5 Å². The molecule has 0 aliphatic rings. The van der Waals surface area contributed by atoms with Crippen molar-refractivity contribution in [3.8, 4) is 0 Å². The number of esters is 1. The Morgan fingerprint density at radius 2 is 1.69 bits per heavy atom. The summed E-state index contributed by atoms with van der Waals surface area (Å²) in [6.45, 7) is -0.436. The van der Waals surface area contributed by atoms with Crippen LogP contribution >= 0.6 is 11.6 Å². The molecule has 7 nitrogen and oxygen atoms in total. The molecule has 2 aromatic carbocycles. The van der Waals surface area contributed by atoms with Crippen molar-refractivity contribution >= 4 is 46.0 Å². The number of hydrogen-bond acceptors (Lipinski definition) is 5.